The first kappa shape index (κ1) is 27.8. The monoisotopic (exact) mass is 527 g/mol. The van der Waals surface area contributed by atoms with Crippen LogP contribution in [0.1, 0.15) is 53.9 Å². The van der Waals surface area contributed by atoms with Crippen LogP contribution in [0.2, 0.25) is 0 Å². The summed E-state index contributed by atoms with van der Waals surface area (Å²) < 4.78 is 50.4. The number of hydrogen-bond acceptors (Lipinski definition) is 8. The number of anilines is 2. The molecule has 0 amide bonds. The average molecular weight is 528 g/mol. The number of aromatic nitrogens is 4. The molecule has 0 saturated carbocycles. The minimum atomic E-state index is -4.19. The molecule has 2 aromatic heterocycles. The molecular formula is C25H40F3N7O2. The molecule has 0 unspecified atom stereocenters. The van der Waals surface area contributed by atoms with E-state index in [1.807, 2.05) is 10.9 Å². The molecule has 0 aromatic carbocycles. The van der Waals surface area contributed by atoms with E-state index < -0.39 is 12.6 Å². The number of nitrogens with zero attached hydrogens (tertiary/aromatic N) is 6. The largest absolute Gasteiger partial charge is 0.391 e. The molecule has 0 radical (unpaired) electrons. The number of piperidine rings is 1. The topological polar surface area (TPSA) is 80.6 Å². The molecule has 4 rings (SSSR count). The molecule has 2 aromatic rings. The normalized spacial score (nSPS) is 20.1. The lowest BCUT2D eigenvalue weighted by molar-refractivity contribution is -0.149. The fourth-order valence-electron chi connectivity index (χ4n) is 4.84. The summed E-state index contributed by atoms with van der Waals surface area (Å²) in [5.41, 5.74) is 0.479. The Bertz CT molecular complexity index is 1040. The Morgan fingerprint density at radius 3 is 2.51 bits per heavy atom. The van der Waals surface area contributed by atoms with E-state index in [-0.39, 0.29) is 23.8 Å². The molecular weight excluding hydrogens is 487 g/mol. The highest BCUT2D eigenvalue weighted by Crippen LogP contribution is 2.29. The molecule has 2 saturated heterocycles. The van der Waals surface area contributed by atoms with Crippen LogP contribution < -0.4 is 10.2 Å². The minimum absolute atomic E-state index is 0.0181. The maximum atomic E-state index is 12.5. The highest BCUT2D eigenvalue weighted by atomic mass is 19.4. The van der Waals surface area contributed by atoms with Gasteiger partial charge in [0.1, 0.15) is 5.82 Å². The van der Waals surface area contributed by atoms with Crippen molar-refractivity contribution < 1.29 is 22.6 Å². The predicted molar refractivity (Wildman–Crippen MR) is 137 cm³/mol. The number of nitrogens with one attached hydrogen (secondary N) is 1. The fourth-order valence-corrected chi connectivity index (χ4v) is 4.84. The second-order valence-electron chi connectivity index (χ2n) is 11.5. The summed E-state index contributed by atoms with van der Waals surface area (Å²) in [5, 5.41) is 9.01. The van der Waals surface area contributed by atoms with E-state index in [1.54, 1.807) is 0 Å². The van der Waals surface area contributed by atoms with Crippen molar-refractivity contribution in [3.63, 3.8) is 0 Å². The molecule has 2 fully saturated rings. The molecule has 1 N–H and O–H groups in total. The fraction of sp³-hybridized carbons (Fsp3) is 0.800. The van der Waals surface area contributed by atoms with Crippen LogP contribution in [0.5, 0.6) is 0 Å². The van der Waals surface area contributed by atoms with Crippen molar-refractivity contribution in [3.8, 4) is 0 Å². The smallest absolute Gasteiger partial charge is 0.378 e. The van der Waals surface area contributed by atoms with Gasteiger partial charge in [0.2, 0.25) is 5.95 Å². The number of halogens is 3. The number of ether oxygens (including phenoxy) is 2. The molecule has 0 bridgehead atoms. The molecule has 0 aliphatic carbocycles. The van der Waals surface area contributed by atoms with E-state index >= 15 is 0 Å². The van der Waals surface area contributed by atoms with Gasteiger partial charge >= 0.3 is 6.18 Å². The van der Waals surface area contributed by atoms with Crippen molar-refractivity contribution in [1.82, 2.24) is 24.6 Å². The van der Waals surface area contributed by atoms with Crippen molar-refractivity contribution in [3.05, 3.63) is 6.20 Å². The van der Waals surface area contributed by atoms with Gasteiger partial charge in [-0.1, -0.05) is 0 Å². The van der Waals surface area contributed by atoms with E-state index in [0.717, 1.165) is 36.5 Å². The van der Waals surface area contributed by atoms with Crippen LogP contribution in [0.25, 0.3) is 11.0 Å². The summed E-state index contributed by atoms with van der Waals surface area (Å²) >= 11 is 0. The van der Waals surface area contributed by atoms with Crippen molar-refractivity contribution in [2.75, 3.05) is 62.8 Å². The van der Waals surface area contributed by atoms with Gasteiger partial charge in [-0.05, 0) is 47.5 Å². The molecule has 0 spiro atoms. The third-order valence-corrected chi connectivity index (χ3v) is 7.01. The first-order chi connectivity index (χ1) is 17.3. The second kappa shape index (κ2) is 10.9. The molecule has 12 heteroatoms. The van der Waals surface area contributed by atoms with E-state index in [0.29, 0.717) is 45.0 Å². The van der Waals surface area contributed by atoms with Crippen LogP contribution in [0.15, 0.2) is 6.20 Å². The summed E-state index contributed by atoms with van der Waals surface area (Å²) in [6, 6.07) is 0. The zero-order valence-corrected chi connectivity index (χ0v) is 22.6. The van der Waals surface area contributed by atoms with Crippen molar-refractivity contribution in [2.45, 2.75) is 77.2 Å². The standard InChI is InChI=1S/C25H40F3N7O2/c1-23(2,3)35-21-19(16-30-35)20(29-9-12-34-13-15-36-17-24(34,4)5)31-22(32-21)33-10-6-18(7-11-33)37-14-8-25(26,27)28/h16,18H,6-15,17H2,1-5H3,(H,29,31,32). The lowest BCUT2D eigenvalue weighted by Crippen LogP contribution is -2.54. The Kier molecular flexibility index (Phi) is 8.20. The van der Waals surface area contributed by atoms with Gasteiger partial charge in [0.15, 0.2) is 5.65 Å². The van der Waals surface area contributed by atoms with Gasteiger partial charge in [0.25, 0.3) is 0 Å². The molecule has 4 heterocycles. The summed E-state index contributed by atoms with van der Waals surface area (Å²) in [5.74, 6) is 1.34. The number of hydrogen-bond donors (Lipinski definition) is 1. The quantitative estimate of drug-likeness (QED) is 0.551. The molecule has 2 aliphatic rings. The van der Waals surface area contributed by atoms with Gasteiger partial charge in [-0.25, -0.2) is 4.68 Å². The van der Waals surface area contributed by atoms with Crippen molar-refractivity contribution in [2.24, 2.45) is 0 Å². The van der Waals surface area contributed by atoms with Crippen LogP contribution in [-0.4, -0.2) is 95.0 Å². The number of alkyl halides is 3. The maximum Gasteiger partial charge on any atom is 0.391 e. The van der Waals surface area contributed by atoms with Gasteiger partial charge in [-0.3, -0.25) is 4.90 Å². The summed E-state index contributed by atoms with van der Waals surface area (Å²) in [6.07, 6.45) is -2.22. The van der Waals surface area contributed by atoms with Gasteiger partial charge in [0.05, 0.1) is 49.5 Å². The van der Waals surface area contributed by atoms with Gasteiger partial charge in [-0.15, -0.1) is 0 Å². The van der Waals surface area contributed by atoms with E-state index in [2.05, 4.69) is 54.8 Å². The highest BCUT2D eigenvalue weighted by Gasteiger charge is 2.31. The first-order valence-corrected chi connectivity index (χ1v) is 13.1. The third-order valence-electron chi connectivity index (χ3n) is 7.01. The van der Waals surface area contributed by atoms with E-state index in [4.69, 9.17) is 19.4 Å². The maximum absolute atomic E-state index is 12.5. The summed E-state index contributed by atoms with van der Waals surface area (Å²) in [6.45, 7) is 15.5. The van der Waals surface area contributed by atoms with E-state index in [9.17, 15) is 13.2 Å². The van der Waals surface area contributed by atoms with Crippen LogP contribution in [0.4, 0.5) is 24.9 Å². The molecule has 0 atom stereocenters. The number of rotatable bonds is 8. The Labute approximate surface area is 216 Å². The second-order valence-corrected chi connectivity index (χ2v) is 11.5. The SMILES string of the molecule is CC1(C)COCCN1CCNc1nc(N2CCC(OCCC(F)(F)F)CC2)nc2c1cnn2C(C)(C)C. The van der Waals surface area contributed by atoms with Crippen LogP contribution >= 0.6 is 0 Å². The third kappa shape index (κ3) is 7.02. The molecule has 2 aliphatic heterocycles. The zero-order valence-electron chi connectivity index (χ0n) is 22.6. The van der Waals surface area contributed by atoms with Gasteiger partial charge < -0.3 is 19.7 Å². The van der Waals surface area contributed by atoms with Crippen LogP contribution in [0.3, 0.4) is 0 Å². The molecule has 9 nitrogen and oxygen atoms in total. The van der Waals surface area contributed by atoms with Crippen LogP contribution in [0, 0.1) is 0 Å². The van der Waals surface area contributed by atoms with Gasteiger partial charge in [-0.2, -0.15) is 28.2 Å². The lowest BCUT2D eigenvalue weighted by atomic mass is 10.0. The zero-order chi connectivity index (χ0) is 26.8. The minimum Gasteiger partial charge on any atom is -0.378 e. The Morgan fingerprint density at radius 1 is 1.14 bits per heavy atom. The summed E-state index contributed by atoms with van der Waals surface area (Å²) in [7, 11) is 0. The summed E-state index contributed by atoms with van der Waals surface area (Å²) in [4.78, 5) is 14.3. The number of morpholine rings is 1. The lowest BCUT2D eigenvalue weighted by Gasteiger charge is -2.42. The van der Waals surface area contributed by atoms with Gasteiger partial charge in [0, 0.05) is 38.3 Å². The Morgan fingerprint density at radius 2 is 1.86 bits per heavy atom. The molecule has 208 valence electrons. The van der Waals surface area contributed by atoms with E-state index in [1.165, 1.54) is 0 Å². The first-order valence-electron chi connectivity index (χ1n) is 13.1. The average Bonchev–Trinajstić information content (AvgIpc) is 3.24. The Balaban J connectivity index is 1.48. The van der Waals surface area contributed by atoms with Crippen molar-refractivity contribution in [1.29, 1.82) is 0 Å². The predicted octanol–water partition coefficient (Wildman–Crippen LogP) is 4.04. The molecule has 37 heavy (non-hydrogen) atoms. The van der Waals surface area contributed by atoms with Crippen LogP contribution in [-0.2, 0) is 15.0 Å². The van der Waals surface area contributed by atoms with Crippen molar-refractivity contribution >= 4 is 22.8 Å². The Hall–Kier alpha value is -2.18. The number of fused-ring (bicyclic) bond motifs is 1. The highest BCUT2D eigenvalue weighted by molar-refractivity contribution is 5.87.